The Kier molecular flexibility index (Phi) is 57.4. The number of hydrogen-bond acceptors (Lipinski definition) is 4. The highest BCUT2D eigenvalue weighted by molar-refractivity contribution is 5.76. The predicted octanol–water partition coefficient (Wildman–Crippen LogP) is 19.7. The molecule has 0 aliphatic carbocycles. The first-order chi connectivity index (χ1) is 33.0. The fourth-order valence-electron chi connectivity index (χ4n) is 10.4. The van der Waals surface area contributed by atoms with Gasteiger partial charge in [-0.25, -0.2) is 0 Å². The molecule has 0 rings (SSSR count). The number of amides is 1. The van der Waals surface area contributed by atoms with Crippen LogP contribution in [0.25, 0.3) is 0 Å². The number of rotatable bonds is 59. The second-order valence-corrected chi connectivity index (χ2v) is 22.0. The van der Waals surface area contributed by atoms with E-state index in [1.54, 1.807) is 0 Å². The molecule has 0 saturated heterocycles. The number of unbranched alkanes of at least 4 members (excludes halogenated alkanes) is 50. The van der Waals surface area contributed by atoms with Gasteiger partial charge < -0.3 is 20.6 Å². The summed E-state index contributed by atoms with van der Waals surface area (Å²) in [7, 11) is 0. The fourth-order valence-corrected chi connectivity index (χ4v) is 10.4. The molecule has 5 nitrogen and oxygen atoms in total. The number of hydrogen-bond donors (Lipinski definition) is 4. The molecule has 3 atom stereocenters. The van der Waals surface area contributed by atoms with Gasteiger partial charge in [-0.2, -0.15) is 0 Å². The summed E-state index contributed by atoms with van der Waals surface area (Å²) in [5.41, 5.74) is 0. The Hall–Kier alpha value is -0.650. The molecule has 0 aromatic heterocycles. The first kappa shape index (κ1) is 66.3. The Balaban J connectivity index is 3.46. The van der Waals surface area contributed by atoms with Gasteiger partial charge in [0.15, 0.2) is 0 Å². The molecule has 0 spiro atoms. The van der Waals surface area contributed by atoms with E-state index in [1.807, 2.05) is 0 Å². The Labute approximate surface area is 421 Å². The normalized spacial score (nSPS) is 13.1. The highest BCUT2D eigenvalue weighted by atomic mass is 16.3. The van der Waals surface area contributed by atoms with E-state index in [1.165, 1.54) is 308 Å². The van der Waals surface area contributed by atoms with E-state index in [0.29, 0.717) is 12.8 Å². The van der Waals surface area contributed by atoms with Crippen LogP contribution in [0.3, 0.4) is 0 Å². The third kappa shape index (κ3) is 54.5. The van der Waals surface area contributed by atoms with E-state index in [4.69, 9.17) is 0 Å². The molecule has 0 heterocycles. The minimum atomic E-state index is -0.746. The third-order valence-corrected chi connectivity index (χ3v) is 15.2. The number of carbonyl (C=O) groups excluding carboxylic acids is 1. The van der Waals surface area contributed by atoms with Crippen molar-refractivity contribution in [1.29, 1.82) is 0 Å². The largest absolute Gasteiger partial charge is 0.394 e. The Morgan fingerprint density at radius 1 is 0.313 bits per heavy atom. The van der Waals surface area contributed by atoms with E-state index in [-0.39, 0.29) is 18.9 Å². The highest BCUT2D eigenvalue weighted by Crippen LogP contribution is 2.19. The molecule has 0 aliphatic heterocycles. The molecule has 0 saturated carbocycles. The maximum atomic E-state index is 12.6. The van der Waals surface area contributed by atoms with Crippen molar-refractivity contribution in [3.8, 4) is 0 Å². The van der Waals surface area contributed by atoms with Crippen LogP contribution >= 0.6 is 0 Å². The molecule has 4 N–H and O–H groups in total. The summed E-state index contributed by atoms with van der Waals surface area (Å²) >= 11 is 0. The third-order valence-electron chi connectivity index (χ3n) is 15.2. The summed E-state index contributed by atoms with van der Waals surface area (Å²) in [6.07, 6.45) is 71.5. The van der Waals surface area contributed by atoms with Crippen molar-refractivity contribution in [3.05, 3.63) is 0 Å². The van der Waals surface area contributed by atoms with E-state index >= 15 is 0 Å². The lowest BCUT2D eigenvalue weighted by Crippen LogP contribution is -2.46. The van der Waals surface area contributed by atoms with Crippen molar-refractivity contribution in [1.82, 2.24) is 5.32 Å². The zero-order chi connectivity index (χ0) is 48.6. The van der Waals surface area contributed by atoms with Crippen LogP contribution in [0.4, 0.5) is 0 Å². The molecule has 5 heteroatoms. The molecular formula is C62H125NO4. The van der Waals surface area contributed by atoms with Crippen molar-refractivity contribution in [2.24, 2.45) is 0 Å². The number of carbonyl (C=O) groups is 1. The molecular weight excluding hydrogens is 823 g/mol. The van der Waals surface area contributed by atoms with Gasteiger partial charge in [-0.05, 0) is 12.8 Å². The van der Waals surface area contributed by atoms with Gasteiger partial charge in [0.05, 0.1) is 31.3 Å². The van der Waals surface area contributed by atoms with Crippen LogP contribution in [0, 0.1) is 0 Å². The average molecular weight is 949 g/mol. The van der Waals surface area contributed by atoms with Crippen molar-refractivity contribution in [3.63, 3.8) is 0 Å². The van der Waals surface area contributed by atoms with Crippen molar-refractivity contribution >= 4 is 5.91 Å². The first-order valence-electron chi connectivity index (χ1n) is 31.3. The summed E-state index contributed by atoms with van der Waals surface area (Å²) in [6.45, 7) is 4.32. The predicted molar refractivity (Wildman–Crippen MR) is 296 cm³/mol. The Morgan fingerprint density at radius 3 is 0.716 bits per heavy atom. The van der Waals surface area contributed by atoms with E-state index < -0.39 is 18.2 Å². The van der Waals surface area contributed by atoms with Crippen LogP contribution in [0.2, 0.25) is 0 Å². The van der Waals surface area contributed by atoms with Gasteiger partial charge in [-0.3, -0.25) is 4.79 Å². The molecule has 1 amide bonds. The molecule has 3 unspecified atom stereocenters. The van der Waals surface area contributed by atoms with E-state index in [0.717, 1.165) is 25.7 Å². The van der Waals surface area contributed by atoms with Crippen molar-refractivity contribution in [2.45, 2.75) is 385 Å². The van der Waals surface area contributed by atoms with Gasteiger partial charge >= 0.3 is 0 Å². The molecule has 0 bridgehead atoms. The summed E-state index contributed by atoms with van der Waals surface area (Å²) in [6, 6.07) is -0.655. The lowest BCUT2D eigenvalue weighted by atomic mass is 10.0. The fraction of sp³-hybridized carbons (Fsp3) is 0.984. The molecule has 0 fully saturated rings. The van der Waals surface area contributed by atoms with Gasteiger partial charge in [-0.15, -0.1) is 0 Å². The zero-order valence-corrected chi connectivity index (χ0v) is 46.1. The molecule has 67 heavy (non-hydrogen) atoms. The molecule has 0 aliphatic rings. The summed E-state index contributed by atoms with van der Waals surface area (Å²) in [5, 5.41) is 33.7. The Morgan fingerprint density at radius 2 is 0.507 bits per heavy atom. The lowest BCUT2D eigenvalue weighted by molar-refractivity contribution is -0.125. The van der Waals surface area contributed by atoms with Gasteiger partial charge in [0, 0.05) is 0 Å². The number of aliphatic hydroxyl groups excluding tert-OH is 3. The number of nitrogens with one attached hydrogen (secondary N) is 1. The molecule has 0 aromatic carbocycles. The van der Waals surface area contributed by atoms with Crippen LogP contribution in [-0.4, -0.2) is 46.1 Å². The number of aliphatic hydroxyl groups is 3. The maximum absolute atomic E-state index is 12.6. The summed E-state index contributed by atoms with van der Waals surface area (Å²) in [5.74, 6) is -0.273. The zero-order valence-electron chi connectivity index (χ0n) is 46.1. The molecule has 402 valence electrons. The molecule has 0 aromatic rings. The second-order valence-electron chi connectivity index (χ2n) is 22.0. The van der Waals surface area contributed by atoms with Crippen LogP contribution in [0.15, 0.2) is 0 Å². The van der Waals surface area contributed by atoms with E-state index in [2.05, 4.69) is 19.2 Å². The van der Waals surface area contributed by atoms with E-state index in [9.17, 15) is 20.1 Å². The topological polar surface area (TPSA) is 89.8 Å². The van der Waals surface area contributed by atoms with Crippen LogP contribution in [0.5, 0.6) is 0 Å². The highest BCUT2D eigenvalue weighted by Gasteiger charge is 2.21. The smallest absolute Gasteiger partial charge is 0.222 e. The quantitative estimate of drug-likeness (QED) is 0.0457. The minimum absolute atomic E-state index is 0.0439. The maximum Gasteiger partial charge on any atom is 0.222 e. The van der Waals surface area contributed by atoms with Crippen LogP contribution < -0.4 is 5.32 Å². The average Bonchev–Trinajstić information content (AvgIpc) is 3.32. The van der Waals surface area contributed by atoms with Gasteiger partial charge in [-0.1, -0.05) is 348 Å². The summed E-state index contributed by atoms with van der Waals surface area (Å²) in [4.78, 5) is 12.6. The van der Waals surface area contributed by atoms with Gasteiger partial charge in [0.2, 0.25) is 5.91 Å². The Bertz CT molecular complexity index is 914. The lowest BCUT2D eigenvalue weighted by Gasteiger charge is -2.23. The monoisotopic (exact) mass is 948 g/mol. The standard InChI is InChI=1S/C62H125NO4/c1-3-5-7-9-11-13-15-17-19-21-23-25-27-29-30-31-32-33-35-37-39-41-43-45-47-49-51-53-55-59(65)57-62(67)63-60(58-64)61(66)56-54-52-50-48-46-44-42-40-38-36-34-28-26-24-22-20-18-16-14-12-10-8-6-4-2/h59-61,64-66H,3-58H2,1-2H3,(H,63,67). The molecule has 0 radical (unpaired) electrons. The second kappa shape index (κ2) is 57.9. The van der Waals surface area contributed by atoms with Crippen LogP contribution in [-0.2, 0) is 4.79 Å². The van der Waals surface area contributed by atoms with Crippen molar-refractivity contribution in [2.75, 3.05) is 6.61 Å². The minimum Gasteiger partial charge on any atom is -0.394 e. The first-order valence-corrected chi connectivity index (χ1v) is 31.3. The SMILES string of the molecule is CCCCCCCCCCCCCCCCCCCCCCCCCCCCCCC(O)CC(=O)NC(CO)C(O)CCCCCCCCCCCCCCCCCCCCCCCCCC. The summed E-state index contributed by atoms with van der Waals surface area (Å²) < 4.78 is 0. The van der Waals surface area contributed by atoms with Gasteiger partial charge in [0.25, 0.3) is 0 Å². The van der Waals surface area contributed by atoms with Crippen LogP contribution in [0.1, 0.15) is 367 Å². The van der Waals surface area contributed by atoms with Crippen molar-refractivity contribution < 1.29 is 20.1 Å². The van der Waals surface area contributed by atoms with Gasteiger partial charge in [0.1, 0.15) is 0 Å².